The molecule has 63 heavy (non-hydrogen) atoms. The van der Waals surface area contributed by atoms with Crippen LogP contribution in [0.2, 0.25) is 0 Å². The summed E-state index contributed by atoms with van der Waals surface area (Å²) in [6.07, 6.45) is 0. The van der Waals surface area contributed by atoms with Crippen LogP contribution in [0.5, 0.6) is 0 Å². The van der Waals surface area contributed by atoms with Crippen molar-refractivity contribution in [2.75, 3.05) is 22.9 Å². The summed E-state index contributed by atoms with van der Waals surface area (Å²) in [6.45, 7) is 16.0. The third-order valence-electron chi connectivity index (χ3n) is 11.8. The predicted molar refractivity (Wildman–Crippen MR) is 265 cm³/mol. The molecular weight excluding hydrogens is 771 g/mol. The summed E-state index contributed by atoms with van der Waals surface area (Å²) in [5.74, 6) is 1.28. The second-order valence-electron chi connectivity index (χ2n) is 18.1. The zero-order valence-electron chi connectivity index (χ0n) is 37.0. The number of hydrogen-bond donors (Lipinski definition) is 0. The van der Waals surface area contributed by atoms with Gasteiger partial charge in [-0.25, -0.2) is 9.97 Å². The molecule has 0 aliphatic heterocycles. The normalized spacial score (nSPS) is 12.0. The Morgan fingerprint density at radius 3 is 1.08 bits per heavy atom. The summed E-state index contributed by atoms with van der Waals surface area (Å²) in [4.78, 5) is 18.2. The summed E-state index contributed by atoms with van der Waals surface area (Å²) in [7, 11) is 0. The van der Waals surface area contributed by atoms with E-state index in [1.54, 1.807) is 0 Å². The van der Waals surface area contributed by atoms with Crippen LogP contribution in [0.25, 0.3) is 76.9 Å². The molecule has 0 radical (unpaired) electrons. The maximum atomic E-state index is 5.74. The molecule has 0 unspecified atom stereocenters. The lowest BCUT2D eigenvalue weighted by Crippen LogP contribution is -2.22. The standard InChI is InChI=1S/C56H53N7/c1-36(2)33-61(41-17-9-7-10-18-41)43-29-25-39(26-30-43)49-53-54(58-52-48-24-16-14-22-46(48)45-21-13-15-23-47(45)51(52)57-53)50(56-55(49)59-63(60-56)35-38(5)6)40-27-31-44(32-28-40)62(34-37(3)4)42-19-11-8-12-20-42/h7-32,36-38H,33-35H2,1-6H3. The number of anilines is 4. The van der Waals surface area contributed by atoms with E-state index in [0.29, 0.717) is 24.3 Å². The average Bonchev–Trinajstić information content (AvgIpc) is 3.71. The van der Waals surface area contributed by atoms with E-state index in [1.807, 2.05) is 4.80 Å². The Hall–Kier alpha value is -7.12. The number of hydrogen-bond acceptors (Lipinski definition) is 6. The average molecular weight is 824 g/mol. The SMILES string of the molecule is CC(C)CN(c1ccccc1)c1ccc(-c2c3nc4c5ccccc5c5ccccc5c4nc3c(-c3ccc(N(CC(C)C)c4ccccc4)cc3)c3nn(CC(C)C)nc23)cc1. The van der Waals surface area contributed by atoms with E-state index < -0.39 is 0 Å². The van der Waals surface area contributed by atoms with Crippen LogP contribution in [-0.4, -0.2) is 38.1 Å². The molecule has 0 N–H and O–H groups in total. The molecule has 0 spiro atoms. The quantitative estimate of drug-likeness (QED) is 0.0903. The lowest BCUT2D eigenvalue weighted by molar-refractivity contribution is 0.442. The van der Waals surface area contributed by atoms with E-state index in [1.165, 1.54) is 11.4 Å². The molecule has 8 aromatic carbocycles. The second-order valence-corrected chi connectivity index (χ2v) is 18.1. The van der Waals surface area contributed by atoms with E-state index in [9.17, 15) is 0 Å². The minimum Gasteiger partial charge on any atom is -0.341 e. The van der Waals surface area contributed by atoms with Crippen LogP contribution in [-0.2, 0) is 6.54 Å². The van der Waals surface area contributed by atoms with Gasteiger partial charge in [0.15, 0.2) is 0 Å². The zero-order valence-corrected chi connectivity index (χ0v) is 37.0. The fourth-order valence-corrected chi connectivity index (χ4v) is 9.15. The van der Waals surface area contributed by atoms with Crippen LogP contribution >= 0.6 is 0 Å². The molecule has 0 aliphatic rings. The largest absolute Gasteiger partial charge is 0.341 e. The molecule has 312 valence electrons. The highest BCUT2D eigenvalue weighted by molar-refractivity contribution is 6.26. The molecule has 10 rings (SSSR count). The van der Waals surface area contributed by atoms with Gasteiger partial charge in [0.1, 0.15) is 22.1 Å². The van der Waals surface area contributed by atoms with Crippen molar-refractivity contribution in [3.8, 4) is 22.3 Å². The van der Waals surface area contributed by atoms with Crippen LogP contribution in [0.15, 0.2) is 158 Å². The highest BCUT2D eigenvalue weighted by Crippen LogP contribution is 2.44. The van der Waals surface area contributed by atoms with Crippen molar-refractivity contribution < 1.29 is 0 Å². The Labute approximate surface area is 369 Å². The van der Waals surface area contributed by atoms with Crippen molar-refractivity contribution in [3.05, 3.63) is 158 Å². The molecule has 10 aromatic rings. The molecule has 0 atom stereocenters. The van der Waals surface area contributed by atoms with Crippen molar-refractivity contribution in [2.45, 2.75) is 48.1 Å². The van der Waals surface area contributed by atoms with Gasteiger partial charge in [0.25, 0.3) is 0 Å². The summed E-state index contributed by atoms with van der Waals surface area (Å²) >= 11 is 0. The van der Waals surface area contributed by atoms with Crippen molar-refractivity contribution >= 4 is 77.4 Å². The second kappa shape index (κ2) is 16.6. The summed E-state index contributed by atoms with van der Waals surface area (Å²) in [5.41, 5.74) is 13.6. The Balaban J connectivity index is 1.26. The van der Waals surface area contributed by atoms with Gasteiger partial charge in [0.2, 0.25) is 0 Å². The number of rotatable bonds is 12. The third-order valence-corrected chi connectivity index (χ3v) is 11.8. The van der Waals surface area contributed by atoms with Gasteiger partial charge in [-0.2, -0.15) is 15.0 Å². The fraction of sp³-hybridized carbons (Fsp3) is 0.214. The van der Waals surface area contributed by atoms with Crippen LogP contribution in [0, 0.1) is 17.8 Å². The topological polar surface area (TPSA) is 63.0 Å². The first kappa shape index (κ1) is 40.0. The maximum absolute atomic E-state index is 5.74. The van der Waals surface area contributed by atoms with E-state index >= 15 is 0 Å². The Morgan fingerprint density at radius 1 is 0.365 bits per heavy atom. The van der Waals surface area contributed by atoms with Crippen molar-refractivity contribution in [3.63, 3.8) is 0 Å². The molecule has 7 heteroatoms. The fourth-order valence-electron chi connectivity index (χ4n) is 9.15. The number of aromatic nitrogens is 5. The van der Waals surface area contributed by atoms with Crippen LogP contribution in [0.4, 0.5) is 22.7 Å². The maximum Gasteiger partial charge on any atom is 0.124 e. The van der Waals surface area contributed by atoms with E-state index in [4.69, 9.17) is 20.2 Å². The summed E-state index contributed by atoms with van der Waals surface area (Å²) < 4.78 is 0. The molecule has 0 bridgehead atoms. The van der Waals surface area contributed by atoms with Gasteiger partial charge in [-0.05, 0) is 88.2 Å². The lowest BCUT2D eigenvalue weighted by Gasteiger charge is -2.27. The van der Waals surface area contributed by atoms with E-state index in [0.717, 1.165) is 101 Å². The van der Waals surface area contributed by atoms with Gasteiger partial charge in [-0.1, -0.05) is 151 Å². The van der Waals surface area contributed by atoms with Crippen molar-refractivity contribution in [1.82, 2.24) is 25.0 Å². The van der Waals surface area contributed by atoms with Gasteiger partial charge in [-0.3, -0.25) is 0 Å². The monoisotopic (exact) mass is 823 g/mol. The van der Waals surface area contributed by atoms with Crippen molar-refractivity contribution in [1.29, 1.82) is 0 Å². The van der Waals surface area contributed by atoms with Crippen LogP contribution in [0.1, 0.15) is 41.5 Å². The highest BCUT2D eigenvalue weighted by Gasteiger charge is 2.26. The first-order valence-corrected chi connectivity index (χ1v) is 22.4. The van der Waals surface area contributed by atoms with Crippen LogP contribution < -0.4 is 9.80 Å². The predicted octanol–water partition coefficient (Wildman–Crippen LogP) is 14.4. The van der Waals surface area contributed by atoms with E-state index in [-0.39, 0.29) is 0 Å². The smallest absolute Gasteiger partial charge is 0.124 e. The van der Waals surface area contributed by atoms with Gasteiger partial charge >= 0.3 is 0 Å². The van der Waals surface area contributed by atoms with E-state index in [2.05, 4.69) is 209 Å². The molecule has 2 heterocycles. The minimum atomic E-state index is 0.345. The molecular formula is C56H53N7. The Morgan fingerprint density at radius 2 is 0.714 bits per heavy atom. The molecule has 2 aromatic heterocycles. The first-order valence-electron chi connectivity index (χ1n) is 22.4. The molecule has 0 amide bonds. The van der Waals surface area contributed by atoms with Gasteiger partial charge in [-0.15, -0.1) is 0 Å². The number of nitrogens with zero attached hydrogens (tertiary/aromatic N) is 7. The highest BCUT2D eigenvalue weighted by atomic mass is 15.5. The number of benzene rings is 8. The Bertz CT molecular complexity index is 3010. The molecule has 0 fully saturated rings. The summed E-state index contributed by atoms with van der Waals surface area (Å²) in [5, 5.41) is 15.2. The summed E-state index contributed by atoms with van der Waals surface area (Å²) in [6, 6.07) is 56.4. The minimum absolute atomic E-state index is 0.345. The molecule has 0 saturated heterocycles. The van der Waals surface area contributed by atoms with Gasteiger partial charge in [0.05, 0.1) is 17.6 Å². The first-order chi connectivity index (χ1) is 30.7. The number of fused-ring (bicyclic) bond motifs is 8. The van der Waals surface area contributed by atoms with Crippen LogP contribution in [0.3, 0.4) is 0 Å². The van der Waals surface area contributed by atoms with Crippen molar-refractivity contribution in [2.24, 2.45) is 17.8 Å². The Kier molecular flexibility index (Phi) is 10.6. The molecule has 0 saturated carbocycles. The third kappa shape index (κ3) is 7.52. The lowest BCUT2D eigenvalue weighted by atomic mass is 9.93. The molecule has 7 nitrogen and oxygen atoms in total. The van der Waals surface area contributed by atoms with Gasteiger partial charge in [0, 0.05) is 57.7 Å². The number of para-hydroxylation sites is 2. The zero-order chi connectivity index (χ0) is 43.2. The molecule has 0 aliphatic carbocycles. The van der Waals surface area contributed by atoms with Gasteiger partial charge < -0.3 is 9.80 Å².